The van der Waals surface area contributed by atoms with Gasteiger partial charge < -0.3 is 5.73 Å². The van der Waals surface area contributed by atoms with E-state index in [-0.39, 0.29) is 0 Å². The lowest BCUT2D eigenvalue weighted by Gasteiger charge is -1.94. The predicted molar refractivity (Wildman–Crippen MR) is 63.8 cm³/mol. The van der Waals surface area contributed by atoms with Gasteiger partial charge in [0.1, 0.15) is 0 Å². The maximum atomic E-state index is 4.53. The van der Waals surface area contributed by atoms with E-state index in [4.69, 9.17) is 0 Å². The molecule has 0 radical (unpaired) electrons. The third kappa shape index (κ3) is 2.30. The molecule has 1 aromatic carbocycles. The third-order valence-electron chi connectivity index (χ3n) is 1.80. The van der Waals surface area contributed by atoms with Crippen molar-refractivity contribution in [2.24, 2.45) is 5.73 Å². The molecular weight excluding hydrogens is 192 g/mol. The van der Waals surface area contributed by atoms with Crippen LogP contribution in [0, 0.1) is 0 Å². The quantitative estimate of drug-likeness (QED) is 0.782. The Morgan fingerprint density at radius 1 is 1.21 bits per heavy atom. The number of benzene rings is 1. The molecule has 14 heavy (non-hydrogen) atoms. The molecule has 2 N–H and O–H groups in total. The molecule has 0 unspecified atom stereocenters. The summed E-state index contributed by atoms with van der Waals surface area (Å²) >= 11 is 1.79. The van der Waals surface area contributed by atoms with Crippen molar-refractivity contribution < 1.29 is 0 Å². The van der Waals surface area contributed by atoms with E-state index in [1.165, 1.54) is 16.8 Å². The highest BCUT2D eigenvalue weighted by Gasteiger charge is 2.05. The topological polar surface area (TPSA) is 38.9 Å². The van der Waals surface area contributed by atoms with Crippen molar-refractivity contribution in [1.82, 2.24) is 4.98 Å². The Kier molecular flexibility index (Phi) is 4.04. The van der Waals surface area contributed by atoms with Crippen LogP contribution in [0.2, 0.25) is 0 Å². The Balaban J connectivity index is 0.000000461. The lowest BCUT2D eigenvalue weighted by molar-refractivity contribution is 0.857. The van der Waals surface area contributed by atoms with E-state index in [1.54, 1.807) is 11.3 Å². The number of hydrogen-bond acceptors (Lipinski definition) is 3. The summed E-state index contributed by atoms with van der Waals surface area (Å²) in [6.45, 7) is 4.36. The SMILES string of the molecule is CC(C)c1nc2ccccc2s1.CN. The second kappa shape index (κ2) is 5.08. The molecule has 76 valence electrons. The molecule has 0 saturated carbocycles. The maximum Gasteiger partial charge on any atom is 0.0963 e. The van der Waals surface area contributed by atoms with Crippen LogP contribution in [-0.4, -0.2) is 12.0 Å². The summed E-state index contributed by atoms with van der Waals surface area (Å²) in [4.78, 5) is 4.53. The zero-order valence-corrected chi connectivity index (χ0v) is 9.64. The van der Waals surface area contributed by atoms with Gasteiger partial charge >= 0.3 is 0 Å². The first-order chi connectivity index (χ1) is 6.77. The normalized spacial score (nSPS) is 10.1. The highest BCUT2D eigenvalue weighted by atomic mass is 32.1. The number of nitrogens with two attached hydrogens (primary N) is 1. The van der Waals surface area contributed by atoms with Gasteiger partial charge in [-0.2, -0.15) is 0 Å². The van der Waals surface area contributed by atoms with Gasteiger partial charge in [-0.05, 0) is 19.2 Å². The number of nitrogens with zero attached hydrogens (tertiary/aromatic N) is 1. The number of rotatable bonds is 1. The van der Waals surface area contributed by atoms with Crippen LogP contribution in [0.5, 0.6) is 0 Å². The molecule has 0 bridgehead atoms. The summed E-state index contributed by atoms with van der Waals surface area (Å²) in [6, 6.07) is 8.29. The molecular formula is C11H16N2S. The average molecular weight is 208 g/mol. The fourth-order valence-corrected chi connectivity index (χ4v) is 2.11. The van der Waals surface area contributed by atoms with Crippen LogP contribution in [0.25, 0.3) is 10.2 Å². The Labute approximate surface area is 88.8 Å². The van der Waals surface area contributed by atoms with E-state index < -0.39 is 0 Å². The Morgan fingerprint density at radius 3 is 2.43 bits per heavy atom. The predicted octanol–water partition coefficient (Wildman–Crippen LogP) is 2.99. The molecule has 0 aliphatic heterocycles. The molecule has 0 saturated heterocycles. The summed E-state index contributed by atoms with van der Waals surface area (Å²) in [5.41, 5.74) is 5.63. The van der Waals surface area contributed by atoms with Gasteiger partial charge in [0.25, 0.3) is 0 Å². The molecule has 1 heterocycles. The van der Waals surface area contributed by atoms with Crippen molar-refractivity contribution in [2.75, 3.05) is 7.05 Å². The van der Waals surface area contributed by atoms with Crippen LogP contribution in [-0.2, 0) is 0 Å². The van der Waals surface area contributed by atoms with Gasteiger partial charge in [-0.15, -0.1) is 11.3 Å². The van der Waals surface area contributed by atoms with Gasteiger partial charge in [0.2, 0.25) is 0 Å². The van der Waals surface area contributed by atoms with E-state index in [0.29, 0.717) is 5.92 Å². The van der Waals surface area contributed by atoms with E-state index in [9.17, 15) is 0 Å². The van der Waals surface area contributed by atoms with Gasteiger partial charge in [-0.3, -0.25) is 0 Å². The molecule has 0 atom stereocenters. The Bertz CT molecular complexity index is 360. The minimum absolute atomic E-state index is 0.544. The Morgan fingerprint density at radius 2 is 1.86 bits per heavy atom. The minimum atomic E-state index is 0.544. The lowest BCUT2D eigenvalue weighted by atomic mass is 10.2. The van der Waals surface area contributed by atoms with Crippen LogP contribution < -0.4 is 5.73 Å². The molecule has 0 amide bonds. The number of aromatic nitrogens is 1. The van der Waals surface area contributed by atoms with Crippen LogP contribution in [0.3, 0.4) is 0 Å². The van der Waals surface area contributed by atoms with E-state index in [1.807, 2.05) is 6.07 Å². The van der Waals surface area contributed by atoms with Crippen LogP contribution in [0.4, 0.5) is 0 Å². The second-order valence-corrected chi connectivity index (χ2v) is 4.24. The first-order valence-corrected chi connectivity index (χ1v) is 5.52. The molecule has 2 rings (SSSR count). The molecule has 0 spiro atoms. The summed E-state index contributed by atoms with van der Waals surface area (Å²) < 4.78 is 1.29. The third-order valence-corrected chi connectivity index (χ3v) is 3.14. The minimum Gasteiger partial charge on any atom is -0.333 e. The Hall–Kier alpha value is -0.930. The second-order valence-electron chi connectivity index (χ2n) is 3.17. The fraction of sp³-hybridized carbons (Fsp3) is 0.364. The molecule has 1 aromatic heterocycles. The number of para-hydroxylation sites is 1. The zero-order valence-electron chi connectivity index (χ0n) is 8.82. The van der Waals surface area contributed by atoms with Gasteiger partial charge in [0.05, 0.1) is 15.2 Å². The first kappa shape index (κ1) is 11.1. The van der Waals surface area contributed by atoms with Crippen molar-refractivity contribution in [3.8, 4) is 0 Å². The molecule has 2 aromatic rings. The van der Waals surface area contributed by atoms with E-state index in [2.05, 4.69) is 42.8 Å². The van der Waals surface area contributed by atoms with Crippen molar-refractivity contribution >= 4 is 21.6 Å². The van der Waals surface area contributed by atoms with Crippen molar-refractivity contribution in [2.45, 2.75) is 19.8 Å². The van der Waals surface area contributed by atoms with E-state index >= 15 is 0 Å². The van der Waals surface area contributed by atoms with Gasteiger partial charge in [-0.25, -0.2) is 4.98 Å². The lowest BCUT2D eigenvalue weighted by Crippen LogP contribution is -1.82. The van der Waals surface area contributed by atoms with Crippen molar-refractivity contribution in [1.29, 1.82) is 0 Å². The highest BCUT2D eigenvalue weighted by Crippen LogP contribution is 2.26. The molecule has 2 nitrogen and oxygen atoms in total. The van der Waals surface area contributed by atoms with Crippen LogP contribution in [0.1, 0.15) is 24.8 Å². The summed E-state index contributed by atoms with van der Waals surface area (Å²) in [5.74, 6) is 0.544. The van der Waals surface area contributed by atoms with Crippen molar-refractivity contribution in [3.05, 3.63) is 29.3 Å². The summed E-state index contributed by atoms with van der Waals surface area (Å²) in [7, 11) is 1.50. The van der Waals surface area contributed by atoms with Crippen molar-refractivity contribution in [3.63, 3.8) is 0 Å². The highest BCUT2D eigenvalue weighted by molar-refractivity contribution is 7.18. The van der Waals surface area contributed by atoms with E-state index in [0.717, 1.165) is 5.52 Å². The first-order valence-electron chi connectivity index (χ1n) is 4.70. The molecule has 0 aliphatic carbocycles. The zero-order chi connectivity index (χ0) is 10.6. The summed E-state index contributed by atoms with van der Waals surface area (Å²) in [5, 5.41) is 1.23. The van der Waals surface area contributed by atoms with Gasteiger partial charge in [0, 0.05) is 5.92 Å². The monoisotopic (exact) mass is 208 g/mol. The van der Waals surface area contributed by atoms with Gasteiger partial charge in [0.15, 0.2) is 0 Å². The standard InChI is InChI=1S/C10H11NS.CH5N/c1-7(2)10-11-8-5-3-4-6-9(8)12-10;1-2/h3-7H,1-2H3;2H2,1H3. The van der Waals surface area contributed by atoms with Crippen LogP contribution in [0.15, 0.2) is 24.3 Å². The number of fused-ring (bicyclic) bond motifs is 1. The van der Waals surface area contributed by atoms with Gasteiger partial charge in [-0.1, -0.05) is 26.0 Å². The molecule has 3 heteroatoms. The molecule has 0 aliphatic rings. The average Bonchev–Trinajstić information content (AvgIpc) is 2.64. The van der Waals surface area contributed by atoms with Crippen LogP contribution >= 0.6 is 11.3 Å². The largest absolute Gasteiger partial charge is 0.333 e. The number of hydrogen-bond donors (Lipinski definition) is 1. The maximum absolute atomic E-state index is 4.53. The fourth-order valence-electron chi connectivity index (χ4n) is 1.14. The molecule has 0 fully saturated rings. The number of thiazole rings is 1. The smallest absolute Gasteiger partial charge is 0.0963 e. The summed E-state index contributed by atoms with van der Waals surface area (Å²) in [6.07, 6.45) is 0.